The van der Waals surface area contributed by atoms with E-state index in [9.17, 15) is 10.1 Å². The quantitative estimate of drug-likeness (QED) is 0.655. The Morgan fingerprint density at radius 1 is 1.45 bits per heavy atom. The van der Waals surface area contributed by atoms with Gasteiger partial charge in [-0.25, -0.2) is 4.98 Å². The molecule has 2 rings (SSSR count). The Morgan fingerprint density at radius 2 is 2.20 bits per heavy atom. The summed E-state index contributed by atoms with van der Waals surface area (Å²) in [4.78, 5) is 15.0. The molecule has 2 aromatic rings. The number of hydrogen-bond acceptors (Lipinski definition) is 5. The van der Waals surface area contributed by atoms with Crippen molar-refractivity contribution < 1.29 is 4.92 Å². The van der Waals surface area contributed by atoms with Crippen LogP contribution in [0.1, 0.15) is 29.2 Å². The van der Waals surface area contributed by atoms with Crippen molar-refractivity contribution in [2.75, 3.05) is 6.54 Å². The molecule has 0 radical (unpaired) electrons. The number of nitro groups is 1. The molecular weight excluding hydrogens is 274 g/mol. The molecule has 1 unspecified atom stereocenters. The lowest BCUT2D eigenvalue weighted by Gasteiger charge is -2.11. The number of aromatic nitrogens is 1. The number of nitrogens with one attached hydrogen (secondary N) is 1. The van der Waals surface area contributed by atoms with Crippen molar-refractivity contribution in [1.82, 2.24) is 10.3 Å². The summed E-state index contributed by atoms with van der Waals surface area (Å²) in [5.41, 5.74) is 1.97. The molecule has 1 atom stereocenters. The van der Waals surface area contributed by atoms with Crippen molar-refractivity contribution in [2.24, 2.45) is 0 Å². The van der Waals surface area contributed by atoms with Crippen molar-refractivity contribution in [3.63, 3.8) is 0 Å². The molecule has 0 saturated heterocycles. The van der Waals surface area contributed by atoms with Crippen LogP contribution >= 0.6 is 11.3 Å². The summed E-state index contributed by atoms with van der Waals surface area (Å²) in [7, 11) is 0. The zero-order valence-corrected chi connectivity index (χ0v) is 12.3. The van der Waals surface area contributed by atoms with Gasteiger partial charge in [-0.2, -0.15) is 0 Å². The van der Waals surface area contributed by atoms with Crippen LogP contribution in [0.5, 0.6) is 0 Å². The predicted octanol–water partition coefficient (Wildman–Crippen LogP) is 3.25. The first-order chi connectivity index (χ1) is 9.58. The summed E-state index contributed by atoms with van der Waals surface area (Å²) in [6.45, 7) is 4.71. The van der Waals surface area contributed by atoms with E-state index in [1.807, 2.05) is 18.4 Å². The molecular formula is C14H17N3O2S. The number of nitro benzene ring substituents is 1. The largest absolute Gasteiger partial charge is 0.308 e. The summed E-state index contributed by atoms with van der Waals surface area (Å²) >= 11 is 1.63. The van der Waals surface area contributed by atoms with E-state index in [-0.39, 0.29) is 16.7 Å². The second kappa shape index (κ2) is 6.58. The molecule has 0 aliphatic carbocycles. The molecule has 0 amide bonds. The normalized spacial score (nSPS) is 12.3. The van der Waals surface area contributed by atoms with Gasteiger partial charge in [0.1, 0.15) is 5.01 Å². The first-order valence-corrected chi connectivity index (χ1v) is 7.33. The highest BCUT2D eigenvalue weighted by molar-refractivity contribution is 7.09. The number of rotatable bonds is 6. The topological polar surface area (TPSA) is 68.1 Å². The van der Waals surface area contributed by atoms with E-state index in [1.165, 1.54) is 0 Å². The van der Waals surface area contributed by atoms with Crippen molar-refractivity contribution in [1.29, 1.82) is 0 Å². The van der Waals surface area contributed by atoms with Gasteiger partial charge in [0.05, 0.1) is 11.0 Å². The van der Waals surface area contributed by atoms with E-state index < -0.39 is 0 Å². The monoisotopic (exact) mass is 291 g/mol. The molecule has 1 heterocycles. The van der Waals surface area contributed by atoms with Crippen LogP contribution in [-0.4, -0.2) is 16.5 Å². The lowest BCUT2D eigenvalue weighted by molar-refractivity contribution is -0.385. The van der Waals surface area contributed by atoms with Gasteiger partial charge in [-0.15, -0.1) is 11.3 Å². The number of aryl methyl sites for hydroxylation is 1. The fraction of sp³-hybridized carbons (Fsp3) is 0.357. The zero-order valence-electron chi connectivity index (χ0n) is 11.5. The third-order valence-corrected chi connectivity index (χ3v) is 4.19. The Labute approximate surface area is 121 Å². The number of para-hydroxylation sites is 1. The molecule has 0 aliphatic heterocycles. The van der Waals surface area contributed by atoms with Gasteiger partial charge in [0.15, 0.2) is 0 Å². The third kappa shape index (κ3) is 3.61. The van der Waals surface area contributed by atoms with Crippen LogP contribution in [-0.2, 0) is 6.42 Å². The highest BCUT2D eigenvalue weighted by atomic mass is 32.1. The maximum atomic E-state index is 10.9. The lowest BCUT2D eigenvalue weighted by atomic mass is 10.1. The van der Waals surface area contributed by atoms with Crippen LogP contribution in [0.15, 0.2) is 29.6 Å². The maximum Gasteiger partial charge on any atom is 0.272 e. The van der Waals surface area contributed by atoms with Crippen molar-refractivity contribution in [2.45, 2.75) is 26.3 Å². The fourth-order valence-corrected chi connectivity index (χ4v) is 2.81. The molecule has 6 heteroatoms. The Kier molecular flexibility index (Phi) is 4.81. The molecule has 1 aromatic heterocycles. The molecule has 0 aliphatic rings. The third-order valence-electron chi connectivity index (χ3n) is 3.04. The van der Waals surface area contributed by atoms with Gasteiger partial charge in [-0.1, -0.05) is 18.2 Å². The van der Waals surface area contributed by atoms with Gasteiger partial charge in [0.25, 0.3) is 5.69 Å². The highest BCUT2D eigenvalue weighted by Crippen LogP contribution is 2.19. The minimum atomic E-state index is -0.330. The van der Waals surface area contributed by atoms with E-state index >= 15 is 0 Å². The molecule has 20 heavy (non-hydrogen) atoms. The Bertz CT molecular complexity index is 598. The molecule has 106 valence electrons. The van der Waals surface area contributed by atoms with E-state index in [2.05, 4.69) is 17.2 Å². The predicted molar refractivity (Wildman–Crippen MR) is 80.1 cm³/mol. The Hall–Kier alpha value is -1.79. The number of hydrogen-bond donors (Lipinski definition) is 1. The van der Waals surface area contributed by atoms with Gasteiger partial charge < -0.3 is 5.32 Å². The average molecular weight is 291 g/mol. The van der Waals surface area contributed by atoms with Crippen LogP contribution in [0.25, 0.3) is 0 Å². The number of thiazole rings is 1. The molecule has 0 bridgehead atoms. The summed E-state index contributed by atoms with van der Waals surface area (Å²) in [6, 6.07) is 7.03. The smallest absolute Gasteiger partial charge is 0.272 e. The number of benzene rings is 1. The van der Waals surface area contributed by atoms with E-state index in [4.69, 9.17) is 0 Å². The molecule has 5 nitrogen and oxygen atoms in total. The van der Waals surface area contributed by atoms with Gasteiger partial charge in [0.2, 0.25) is 0 Å². The van der Waals surface area contributed by atoms with Crippen molar-refractivity contribution >= 4 is 17.0 Å². The van der Waals surface area contributed by atoms with Crippen LogP contribution in [0, 0.1) is 17.0 Å². The molecule has 0 fully saturated rings. The van der Waals surface area contributed by atoms with Crippen LogP contribution in [0.2, 0.25) is 0 Å². The molecule has 1 aromatic carbocycles. The summed E-state index contributed by atoms with van der Waals surface area (Å²) in [6.07, 6.45) is 0.631. The second-order valence-electron chi connectivity index (χ2n) is 4.64. The highest BCUT2D eigenvalue weighted by Gasteiger charge is 2.13. The van der Waals surface area contributed by atoms with Crippen LogP contribution in [0.4, 0.5) is 5.69 Å². The summed E-state index contributed by atoms with van der Waals surface area (Å²) in [5, 5.41) is 17.3. The average Bonchev–Trinajstić information content (AvgIpc) is 2.86. The molecule has 1 N–H and O–H groups in total. The number of nitrogens with zero attached hydrogens (tertiary/aromatic N) is 2. The van der Waals surface area contributed by atoms with E-state index in [0.717, 1.165) is 16.3 Å². The Morgan fingerprint density at radius 3 is 2.85 bits per heavy atom. The van der Waals surface area contributed by atoms with Gasteiger partial charge >= 0.3 is 0 Å². The first-order valence-electron chi connectivity index (χ1n) is 6.45. The van der Waals surface area contributed by atoms with Crippen LogP contribution in [0.3, 0.4) is 0 Å². The van der Waals surface area contributed by atoms with Crippen LogP contribution < -0.4 is 5.32 Å². The van der Waals surface area contributed by atoms with Gasteiger partial charge in [-0.05, 0) is 20.3 Å². The minimum Gasteiger partial charge on any atom is -0.308 e. The van der Waals surface area contributed by atoms with Gasteiger partial charge in [-0.3, -0.25) is 10.1 Å². The zero-order chi connectivity index (χ0) is 14.5. The maximum absolute atomic E-state index is 10.9. The Balaban J connectivity index is 1.92. The second-order valence-corrected chi connectivity index (χ2v) is 5.53. The van der Waals surface area contributed by atoms with Crippen molar-refractivity contribution in [3.05, 3.63) is 56.0 Å². The minimum absolute atomic E-state index is 0.163. The van der Waals surface area contributed by atoms with Crippen molar-refractivity contribution in [3.8, 4) is 0 Å². The summed E-state index contributed by atoms with van der Waals surface area (Å²) in [5.74, 6) is 0. The van der Waals surface area contributed by atoms with E-state index in [0.29, 0.717) is 13.0 Å². The standard InChI is InChI=1S/C14H17N3O2S/c1-10-9-20-14(16-10)11(2)15-8-7-12-5-3-4-6-13(12)17(18)19/h3-6,9,11,15H,7-8H2,1-2H3. The lowest BCUT2D eigenvalue weighted by Crippen LogP contribution is -2.21. The molecule has 0 saturated carbocycles. The van der Waals surface area contributed by atoms with E-state index in [1.54, 1.807) is 29.5 Å². The summed E-state index contributed by atoms with van der Waals surface area (Å²) < 4.78 is 0. The molecule has 0 spiro atoms. The SMILES string of the molecule is Cc1csc(C(C)NCCc2ccccc2[N+](=O)[O-])n1. The fourth-order valence-electron chi connectivity index (χ4n) is 1.98. The van der Waals surface area contributed by atoms with Gasteiger partial charge in [0, 0.05) is 29.2 Å². The first kappa shape index (κ1) is 14.6.